The van der Waals surface area contributed by atoms with E-state index in [0.717, 1.165) is 45.4 Å². The summed E-state index contributed by atoms with van der Waals surface area (Å²) in [4.78, 5) is 2.47. The van der Waals surface area contributed by atoms with Crippen LogP contribution in [0.15, 0.2) is 180 Å². The molecule has 3 aliphatic rings. The predicted octanol–water partition coefficient (Wildman–Crippen LogP) is 12.7. The quantitative estimate of drug-likeness (QED) is 0.191. The smallest absolute Gasteiger partial charge is 0.137 e. The summed E-state index contributed by atoms with van der Waals surface area (Å²) in [6.07, 6.45) is 7.59. The van der Waals surface area contributed by atoms with Crippen LogP contribution in [0.3, 0.4) is 0 Å². The van der Waals surface area contributed by atoms with Gasteiger partial charge in [0.15, 0.2) is 0 Å². The van der Waals surface area contributed by atoms with Crippen molar-refractivity contribution >= 4 is 44.6 Å². The highest BCUT2D eigenvalue weighted by Gasteiger charge is 2.51. The van der Waals surface area contributed by atoms with Crippen molar-refractivity contribution in [1.82, 2.24) is 0 Å². The average Bonchev–Trinajstić information content (AvgIpc) is 3.96. The summed E-state index contributed by atoms with van der Waals surface area (Å²) in [6, 6.07) is 58.0. The van der Waals surface area contributed by atoms with Crippen LogP contribution in [0.5, 0.6) is 0 Å². The molecule has 0 radical (unpaired) electrons. The summed E-state index contributed by atoms with van der Waals surface area (Å²) in [6.45, 7) is 0. The summed E-state index contributed by atoms with van der Waals surface area (Å²) in [5, 5.41) is 2.23. The molecular formula is C48H31NO. The fourth-order valence-electron chi connectivity index (χ4n) is 9.16. The van der Waals surface area contributed by atoms with Crippen LogP contribution in [0, 0.1) is 0 Å². The number of furan rings is 1. The Morgan fingerprint density at radius 1 is 0.480 bits per heavy atom. The molecule has 1 spiro atoms. The number of anilines is 3. The lowest BCUT2D eigenvalue weighted by Gasteiger charge is -2.33. The molecule has 2 heteroatoms. The zero-order valence-corrected chi connectivity index (χ0v) is 27.3. The minimum atomic E-state index is -0.424. The van der Waals surface area contributed by atoms with Crippen LogP contribution < -0.4 is 4.90 Å². The van der Waals surface area contributed by atoms with E-state index < -0.39 is 5.41 Å². The molecule has 8 aromatic rings. The minimum absolute atomic E-state index is 0.424. The second-order valence-corrected chi connectivity index (χ2v) is 13.5. The fraction of sp³-hybridized carbons (Fsp3) is 0.0417. The van der Waals surface area contributed by atoms with Crippen molar-refractivity contribution in [2.45, 2.75) is 11.8 Å². The summed E-state index contributed by atoms with van der Waals surface area (Å²) >= 11 is 0. The van der Waals surface area contributed by atoms with Crippen molar-refractivity contribution < 1.29 is 4.42 Å². The van der Waals surface area contributed by atoms with Gasteiger partial charge in [-0.15, -0.1) is 0 Å². The molecule has 7 aromatic carbocycles. The molecule has 0 aliphatic heterocycles. The van der Waals surface area contributed by atoms with Crippen molar-refractivity contribution in [1.29, 1.82) is 0 Å². The summed E-state index contributed by atoms with van der Waals surface area (Å²) in [5.41, 5.74) is 17.9. The van der Waals surface area contributed by atoms with E-state index >= 15 is 0 Å². The van der Waals surface area contributed by atoms with Gasteiger partial charge in [-0.2, -0.15) is 0 Å². The maximum absolute atomic E-state index is 6.47. The average molecular weight is 638 g/mol. The van der Waals surface area contributed by atoms with Gasteiger partial charge in [0.05, 0.1) is 22.2 Å². The Morgan fingerprint density at radius 2 is 1.06 bits per heavy atom. The third-order valence-corrected chi connectivity index (χ3v) is 11.1. The summed E-state index contributed by atoms with van der Waals surface area (Å²) in [7, 11) is 0. The monoisotopic (exact) mass is 637 g/mol. The van der Waals surface area contributed by atoms with Gasteiger partial charge < -0.3 is 9.32 Å². The van der Waals surface area contributed by atoms with Crippen molar-refractivity contribution in [2.75, 3.05) is 4.90 Å². The third-order valence-electron chi connectivity index (χ3n) is 11.1. The van der Waals surface area contributed by atoms with Gasteiger partial charge in [0.1, 0.15) is 11.2 Å². The first-order valence-corrected chi connectivity index (χ1v) is 17.4. The van der Waals surface area contributed by atoms with Crippen molar-refractivity contribution in [2.24, 2.45) is 0 Å². The van der Waals surface area contributed by atoms with E-state index in [9.17, 15) is 0 Å². The number of allylic oxidation sites excluding steroid dienone is 4. The van der Waals surface area contributed by atoms with Gasteiger partial charge in [0, 0.05) is 16.6 Å². The number of para-hydroxylation sites is 2. The van der Waals surface area contributed by atoms with E-state index in [1.165, 1.54) is 55.6 Å². The van der Waals surface area contributed by atoms with Crippen molar-refractivity contribution in [3.63, 3.8) is 0 Å². The van der Waals surface area contributed by atoms with Gasteiger partial charge in [0.2, 0.25) is 0 Å². The molecule has 3 aliphatic carbocycles. The van der Waals surface area contributed by atoms with E-state index in [1.807, 2.05) is 6.07 Å². The highest BCUT2D eigenvalue weighted by molar-refractivity contribution is 6.14. The maximum Gasteiger partial charge on any atom is 0.137 e. The zero-order chi connectivity index (χ0) is 32.8. The van der Waals surface area contributed by atoms with Gasteiger partial charge >= 0.3 is 0 Å². The number of fused-ring (bicyclic) bond motifs is 13. The first-order chi connectivity index (χ1) is 24.8. The van der Waals surface area contributed by atoms with Gasteiger partial charge in [-0.25, -0.2) is 0 Å². The normalized spacial score (nSPS) is 14.5. The SMILES string of the molecule is C1=CCC(c2ccccc2N(c2ccc3c(c2)C2(c4ccccc4-c4ccccc42)c2ccccc2-3)c2cccc3oc4ccccc4c23)=C1. The molecule has 2 nitrogen and oxygen atoms in total. The number of hydrogen-bond donors (Lipinski definition) is 0. The van der Waals surface area contributed by atoms with Crippen molar-refractivity contribution in [3.8, 4) is 22.3 Å². The Bertz CT molecular complexity index is 2700. The lowest BCUT2D eigenvalue weighted by atomic mass is 9.70. The molecule has 0 bridgehead atoms. The molecule has 0 saturated carbocycles. The van der Waals surface area contributed by atoms with Crippen LogP contribution in [0.1, 0.15) is 34.2 Å². The second-order valence-electron chi connectivity index (χ2n) is 13.5. The maximum atomic E-state index is 6.47. The van der Waals surface area contributed by atoms with E-state index in [0.29, 0.717) is 0 Å². The topological polar surface area (TPSA) is 16.4 Å². The molecule has 1 heterocycles. The molecule has 0 amide bonds. The van der Waals surface area contributed by atoms with Gasteiger partial charge in [-0.1, -0.05) is 140 Å². The largest absolute Gasteiger partial charge is 0.456 e. The highest BCUT2D eigenvalue weighted by Crippen LogP contribution is 2.63. The summed E-state index contributed by atoms with van der Waals surface area (Å²) in [5.74, 6) is 0. The van der Waals surface area contributed by atoms with E-state index in [-0.39, 0.29) is 0 Å². The highest BCUT2D eigenvalue weighted by atomic mass is 16.3. The summed E-state index contributed by atoms with van der Waals surface area (Å²) < 4.78 is 6.47. The molecule has 0 N–H and O–H groups in total. The molecule has 11 rings (SSSR count). The third kappa shape index (κ3) is 3.57. The number of rotatable bonds is 4. The number of nitrogens with zero attached hydrogens (tertiary/aromatic N) is 1. The van der Waals surface area contributed by atoms with Gasteiger partial charge in [-0.3, -0.25) is 0 Å². The van der Waals surface area contributed by atoms with Gasteiger partial charge in [-0.05, 0) is 92.9 Å². The molecule has 50 heavy (non-hydrogen) atoms. The van der Waals surface area contributed by atoms with Crippen LogP contribution in [-0.4, -0.2) is 0 Å². The van der Waals surface area contributed by atoms with E-state index in [4.69, 9.17) is 4.42 Å². The van der Waals surface area contributed by atoms with Crippen LogP contribution >= 0.6 is 0 Å². The van der Waals surface area contributed by atoms with Gasteiger partial charge in [0.25, 0.3) is 0 Å². The van der Waals surface area contributed by atoms with E-state index in [1.54, 1.807) is 0 Å². The second kappa shape index (κ2) is 10.3. The Balaban J connectivity index is 1.24. The number of hydrogen-bond acceptors (Lipinski definition) is 2. The lowest BCUT2D eigenvalue weighted by Crippen LogP contribution is -2.26. The van der Waals surface area contributed by atoms with Crippen LogP contribution in [0.4, 0.5) is 17.1 Å². The van der Waals surface area contributed by atoms with E-state index in [2.05, 4.69) is 175 Å². The molecular weight excluding hydrogens is 607 g/mol. The molecule has 0 saturated heterocycles. The first kappa shape index (κ1) is 27.6. The number of benzene rings is 7. The standard InChI is InChI=1S/C48H31NO/c1-2-15-31(14-1)33-16-6-11-24-43(33)49(44-25-13-27-46-47(44)38-20-7-12-26-45(38)50-46)32-28-29-37-36-19-5-10-23-41(36)48(42(37)30-32)39-21-8-3-17-34(39)35-18-4-9-22-40(35)48/h1-14,16-30H,15H2. The predicted molar refractivity (Wildman–Crippen MR) is 206 cm³/mol. The Hall–Kier alpha value is -6.38. The first-order valence-electron chi connectivity index (χ1n) is 17.4. The minimum Gasteiger partial charge on any atom is -0.456 e. The molecule has 1 aromatic heterocycles. The zero-order valence-electron chi connectivity index (χ0n) is 27.3. The Morgan fingerprint density at radius 3 is 1.76 bits per heavy atom. The van der Waals surface area contributed by atoms with Crippen molar-refractivity contribution in [3.05, 3.63) is 204 Å². The Labute approximate surface area is 290 Å². The molecule has 0 fully saturated rings. The Kier molecular flexibility index (Phi) is 5.68. The molecule has 0 unspecified atom stereocenters. The lowest BCUT2D eigenvalue weighted by molar-refractivity contribution is 0.669. The van der Waals surface area contributed by atoms with Crippen LogP contribution in [0.2, 0.25) is 0 Å². The van der Waals surface area contributed by atoms with Crippen LogP contribution in [0.25, 0.3) is 49.8 Å². The van der Waals surface area contributed by atoms with Crippen LogP contribution in [-0.2, 0) is 5.41 Å². The fourth-order valence-corrected chi connectivity index (χ4v) is 9.16. The molecule has 0 atom stereocenters. The molecule has 234 valence electrons.